The maximum Gasteiger partial charge on any atom is 0.0908 e. The predicted octanol–water partition coefficient (Wildman–Crippen LogP) is 3.02. The first-order chi connectivity index (χ1) is 9.18. The van der Waals surface area contributed by atoms with Crippen LogP contribution in [0.5, 0.6) is 0 Å². The number of anilines is 2. The van der Waals surface area contributed by atoms with E-state index in [0.717, 1.165) is 19.8 Å². The van der Waals surface area contributed by atoms with Crippen molar-refractivity contribution in [1.29, 1.82) is 0 Å². The second-order valence-corrected chi connectivity index (χ2v) is 7.31. The van der Waals surface area contributed by atoms with Crippen molar-refractivity contribution in [2.24, 2.45) is 0 Å². The SMILES string of the molecule is Cc1c(Br)c(Br)c2c3c1N(C1CNC1)CN3CCC2. The van der Waals surface area contributed by atoms with Crippen molar-refractivity contribution in [1.82, 2.24) is 5.32 Å². The summed E-state index contributed by atoms with van der Waals surface area (Å²) in [5, 5.41) is 3.40. The standard InChI is InChI=1S/C14H17Br2N3/c1-8-11(15)12(16)10-3-2-4-18-7-19(9-5-17-6-9)13(8)14(10)18/h9,17H,2-7H2,1H3. The molecule has 0 spiro atoms. The van der Waals surface area contributed by atoms with Crippen LogP contribution in [0.25, 0.3) is 0 Å². The third-order valence-electron chi connectivity index (χ3n) is 4.63. The van der Waals surface area contributed by atoms with Crippen molar-refractivity contribution in [3.63, 3.8) is 0 Å². The van der Waals surface area contributed by atoms with Crippen molar-refractivity contribution in [2.45, 2.75) is 25.8 Å². The summed E-state index contributed by atoms with van der Waals surface area (Å²) < 4.78 is 2.50. The van der Waals surface area contributed by atoms with Crippen LogP contribution in [-0.4, -0.2) is 32.3 Å². The summed E-state index contributed by atoms with van der Waals surface area (Å²) in [6.45, 7) is 6.75. The largest absolute Gasteiger partial charge is 0.352 e. The molecule has 1 fully saturated rings. The highest BCUT2D eigenvalue weighted by Gasteiger charge is 2.39. The Balaban J connectivity index is 1.93. The molecular formula is C14H17Br2N3. The summed E-state index contributed by atoms with van der Waals surface area (Å²) in [6.07, 6.45) is 2.45. The van der Waals surface area contributed by atoms with Gasteiger partial charge in [0.1, 0.15) is 0 Å². The number of hydrogen-bond donors (Lipinski definition) is 1. The van der Waals surface area contributed by atoms with Gasteiger partial charge in [-0.2, -0.15) is 0 Å². The zero-order chi connectivity index (χ0) is 13.1. The molecule has 3 nitrogen and oxygen atoms in total. The lowest BCUT2D eigenvalue weighted by Gasteiger charge is -2.37. The van der Waals surface area contributed by atoms with Crippen LogP contribution in [0.1, 0.15) is 17.5 Å². The van der Waals surface area contributed by atoms with E-state index in [9.17, 15) is 0 Å². The van der Waals surface area contributed by atoms with Gasteiger partial charge in [0.2, 0.25) is 0 Å². The van der Waals surface area contributed by atoms with Crippen LogP contribution >= 0.6 is 31.9 Å². The lowest BCUT2D eigenvalue weighted by molar-refractivity contribution is 0.417. The third kappa shape index (κ3) is 1.64. The van der Waals surface area contributed by atoms with Gasteiger partial charge < -0.3 is 15.1 Å². The van der Waals surface area contributed by atoms with Crippen LogP contribution in [0.2, 0.25) is 0 Å². The van der Waals surface area contributed by atoms with E-state index in [0.29, 0.717) is 6.04 Å². The first-order valence-corrected chi connectivity index (χ1v) is 8.50. The fourth-order valence-electron chi connectivity index (χ4n) is 3.49. The molecule has 3 heterocycles. The Morgan fingerprint density at radius 2 is 1.95 bits per heavy atom. The molecule has 4 rings (SSSR count). The van der Waals surface area contributed by atoms with Gasteiger partial charge in [-0.3, -0.25) is 0 Å². The van der Waals surface area contributed by atoms with Gasteiger partial charge in [0.05, 0.1) is 24.1 Å². The van der Waals surface area contributed by atoms with E-state index in [-0.39, 0.29) is 0 Å². The summed E-state index contributed by atoms with van der Waals surface area (Å²) in [5.74, 6) is 0. The molecule has 1 saturated heterocycles. The van der Waals surface area contributed by atoms with Gasteiger partial charge in [0, 0.05) is 28.6 Å². The number of hydrogen-bond acceptors (Lipinski definition) is 3. The van der Waals surface area contributed by atoms with Gasteiger partial charge in [-0.25, -0.2) is 0 Å². The van der Waals surface area contributed by atoms with Crippen LogP contribution in [0.3, 0.4) is 0 Å². The third-order valence-corrected chi connectivity index (χ3v) is 7.03. The molecule has 0 radical (unpaired) electrons. The first-order valence-electron chi connectivity index (χ1n) is 6.91. The van der Waals surface area contributed by atoms with Gasteiger partial charge in [-0.05, 0) is 62.8 Å². The maximum absolute atomic E-state index is 3.79. The minimum Gasteiger partial charge on any atom is -0.352 e. The molecule has 0 aliphatic carbocycles. The van der Waals surface area contributed by atoms with Crippen molar-refractivity contribution < 1.29 is 0 Å². The summed E-state index contributed by atoms with van der Waals surface area (Å²) in [5.41, 5.74) is 5.83. The van der Waals surface area contributed by atoms with Crippen LogP contribution in [0.4, 0.5) is 11.4 Å². The average Bonchev–Trinajstić information content (AvgIpc) is 2.71. The molecule has 3 aliphatic heterocycles. The van der Waals surface area contributed by atoms with E-state index >= 15 is 0 Å². The van der Waals surface area contributed by atoms with Crippen LogP contribution in [-0.2, 0) is 6.42 Å². The Morgan fingerprint density at radius 3 is 2.63 bits per heavy atom. The normalized spacial score (nSPS) is 21.6. The Hall–Kier alpha value is -0.260. The summed E-state index contributed by atoms with van der Waals surface area (Å²) in [7, 11) is 0. The van der Waals surface area contributed by atoms with Crippen molar-refractivity contribution in [2.75, 3.05) is 36.1 Å². The Labute approximate surface area is 130 Å². The summed E-state index contributed by atoms with van der Waals surface area (Å²) in [4.78, 5) is 5.17. The van der Waals surface area contributed by atoms with E-state index in [2.05, 4.69) is 53.9 Å². The fourth-order valence-corrected chi connectivity index (χ4v) is 4.60. The number of benzene rings is 1. The van der Waals surface area contributed by atoms with E-state index in [4.69, 9.17) is 0 Å². The summed E-state index contributed by atoms with van der Waals surface area (Å²) >= 11 is 7.57. The number of rotatable bonds is 1. The number of nitrogens with one attached hydrogen (secondary N) is 1. The van der Waals surface area contributed by atoms with E-state index in [1.165, 1.54) is 50.8 Å². The smallest absolute Gasteiger partial charge is 0.0908 e. The zero-order valence-corrected chi connectivity index (χ0v) is 14.1. The van der Waals surface area contributed by atoms with Crippen LogP contribution in [0.15, 0.2) is 8.95 Å². The molecule has 0 bridgehead atoms. The minimum atomic E-state index is 0.668. The first kappa shape index (κ1) is 12.5. The Morgan fingerprint density at radius 1 is 1.16 bits per heavy atom. The second-order valence-electron chi connectivity index (χ2n) is 5.72. The van der Waals surface area contributed by atoms with Gasteiger partial charge in [-0.15, -0.1) is 0 Å². The summed E-state index contributed by atoms with van der Waals surface area (Å²) in [6, 6.07) is 0.668. The molecule has 1 aromatic rings. The lowest BCUT2D eigenvalue weighted by atomic mass is 9.98. The van der Waals surface area contributed by atoms with Crippen molar-refractivity contribution in [3.05, 3.63) is 20.1 Å². The highest BCUT2D eigenvalue weighted by molar-refractivity contribution is 9.13. The highest BCUT2D eigenvalue weighted by Crippen LogP contribution is 2.51. The molecule has 0 aromatic heterocycles. The van der Waals surface area contributed by atoms with Gasteiger partial charge in [0.15, 0.2) is 0 Å². The second kappa shape index (κ2) is 4.37. The monoisotopic (exact) mass is 385 g/mol. The Kier molecular flexibility index (Phi) is 2.87. The van der Waals surface area contributed by atoms with Gasteiger partial charge in [0.25, 0.3) is 0 Å². The molecule has 0 amide bonds. The highest BCUT2D eigenvalue weighted by atomic mass is 79.9. The maximum atomic E-state index is 3.79. The number of nitrogens with zero attached hydrogens (tertiary/aromatic N) is 2. The molecule has 19 heavy (non-hydrogen) atoms. The zero-order valence-electron chi connectivity index (χ0n) is 11.0. The number of halogens is 2. The van der Waals surface area contributed by atoms with Crippen LogP contribution < -0.4 is 15.1 Å². The molecule has 1 aromatic carbocycles. The van der Waals surface area contributed by atoms with Gasteiger partial charge >= 0.3 is 0 Å². The molecule has 5 heteroatoms. The quantitative estimate of drug-likeness (QED) is 0.800. The van der Waals surface area contributed by atoms with Gasteiger partial charge in [-0.1, -0.05) is 0 Å². The average molecular weight is 387 g/mol. The molecule has 3 aliphatic rings. The van der Waals surface area contributed by atoms with Crippen molar-refractivity contribution >= 4 is 43.2 Å². The molecule has 0 atom stereocenters. The van der Waals surface area contributed by atoms with E-state index < -0.39 is 0 Å². The van der Waals surface area contributed by atoms with E-state index in [1.807, 2.05) is 0 Å². The fraction of sp³-hybridized carbons (Fsp3) is 0.571. The topological polar surface area (TPSA) is 18.5 Å². The molecular weight excluding hydrogens is 370 g/mol. The predicted molar refractivity (Wildman–Crippen MR) is 86.2 cm³/mol. The minimum absolute atomic E-state index is 0.668. The Bertz CT molecular complexity index is 554. The molecule has 1 N–H and O–H groups in total. The molecule has 102 valence electrons. The molecule has 0 saturated carbocycles. The molecule has 0 unspecified atom stereocenters. The van der Waals surface area contributed by atoms with Crippen molar-refractivity contribution in [3.8, 4) is 0 Å². The lowest BCUT2D eigenvalue weighted by Crippen LogP contribution is -2.58. The van der Waals surface area contributed by atoms with Crippen LogP contribution in [0, 0.1) is 6.92 Å². The van der Waals surface area contributed by atoms with E-state index in [1.54, 1.807) is 0 Å².